The zero-order valence-corrected chi connectivity index (χ0v) is 16.9. The van der Waals surface area contributed by atoms with Crippen molar-refractivity contribution in [2.24, 2.45) is 0 Å². The Bertz CT molecular complexity index is 1290. The van der Waals surface area contributed by atoms with E-state index in [1.807, 2.05) is 54.0 Å². The van der Waals surface area contributed by atoms with Gasteiger partial charge in [-0.15, -0.1) is 0 Å². The topological polar surface area (TPSA) is 62.8 Å². The molecule has 0 aliphatic carbocycles. The first-order valence-corrected chi connectivity index (χ1v) is 9.92. The third-order valence-corrected chi connectivity index (χ3v) is 5.55. The minimum absolute atomic E-state index is 0.0549. The Hall–Kier alpha value is -3.12. The van der Waals surface area contributed by atoms with Crippen LogP contribution in [0.4, 0.5) is 5.69 Å². The van der Waals surface area contributed by atoms with Gasteiger partial charge in [-0.25, -0.2) is 9.78 Å². The van der Waals surface area contributed by atoms with Gasteiger partial charge in [-0.05, 0) is 56.7 Å². The number of hydrogen-bond donors (Lipinski definition) is 1. The summed E-state index contributed by atoms with van der Waals surface area (Å²) >= 11 is 0. The number of hydrogen-bond acceptors (Lipinski definition) is 5. The number of benzene rings is 1. The number of nitrogens with zero attached hydrogens (tertiary/aromatic N) is 3. The van der Waals surface area contributed by atoms with Crippen molar-refractivity contribution in [2.75, 3.05) is 24.5 Å². The molecule has 3 aromatic heterocycles. The van der Waals surface area contributed by atoms with Gasteiger partial charge in [0.05, 0.1) is 11.3 Å². The number of anilines is 1. The van der Waals surface area contributed by atoms with E-state index in [1.54, 1.807) is 0 Å². The SMILES string of the molecule is Cc1ccn2cc(-c3cc4ccc(N5CCNC(C)(C)C5)cc4oc3=O)nc2c1. The second-order valence-electron chi connectivity index (χ2n) is 8.50. The highest BCUT2D eigenvalue weighted by Gasteiger charge is 2.26. The number of rotatable bonds is 2. The highest BCUT2D eigenvalue weighted by atomic mass is 16.4. The van der Waals surface area contributed by atoms with Gasteiger partial charge in [0, 0.05) is 54.7 Å². The maximum atomic E-state index is 12.7. The maximum Gasteiger partial charge on any atom is 0.345 e. The number of imidazole rings is 1. The van der Waals surface area contributed by atoms with E-state index < -0.39 is 0 Å². The average molecular weight is 388 g/mol. The Morgan fingerprint density at radius 1 is 1.17 bits per heavy atom. The Morgan fingerprint density at radius 2 is 2.03 bits per heavy atom. The monoisotopic (exact) mass is 388 g/mol. The number of aryl methyl sites for hydroxylation is 1. The quantitative estimate of drug-likeness (QED) is 0.532. The number of aromatic nitrogens is 2. The van der Waals surface area contributed by atoms with E-state index >= 15 is 0 Å². The van der Waals surface area contributed by atoms with Crippen molar-refractivity contribution in [3.8, 4) is 11.3 Å². The second-order valence-corrected chi connectivity index (χ2v) is 8.50. The van der Waals surface area contributed by atoms with Gasteiger partial charge in [0.1, 0.15) is 11.2 Å². The van der Waals surface area contributed by atoms with Crippen LogP contribution in [0.2, 0.25) is 0 Å². The molecule has 0 radical (unpaired) electrons. The molecular formula is C23H24N4O2. The van der Waals surface area contributed by atoms with Crippen LogP contribution in [0.3, 0.4) is 0 Å². The number of piperazine rings is 1. The summed E-state index contributed by atoms with van der Waals surface area (Å²) in [6.07, 6.45) is 3.81. The van der Waals surface area contributed by atoms with E-state index in [4.69, 9.17) is 4.42 Å². The van der Waals surface area contributed by atoms with Crippen LogP contribution in [0.25, 0.3) is 27.9 Å². The lowest BCUT2D eigenvalue weighted by Crippen LogP contribution is -2.57. The van der Waals surface area contributed by atoms with E-state index in [9.17, 15) is 4.79 Å². The zero-order valence-electron chi connectivity index (χ0n) is 16.9. The maximum absolute atomic E-state index is 12.7. The van der Waals surface area contributed by atoms with Crippen LogP contribution in [-0.4, -0.2) is 34.6 Å². The van der Waals surface area contributed by atoms with Gasteiger partial charge >= 0.3 is 5.63 Å². The van der Waals surface area contributed by atoms with E-state index in [0.717, 1.165) is 41.9 Å². The summed E-state index contributed by atoms with van der Waals surface area (Å²) in [6.45, 7) is 9.18. The molecule has 0 amide bonds. The van der Waals surface area contributed by atoms with Gasteiger partial charge in [-0.3, -0.25) is 0 Å². The summed E-state index contributed by atoms with van der Waals surface area (Å²) in [5.41, 5.74) is 4.42. The molecule has 6 nitrogen and oxygen atoms in total. The second kappa shape index (κ2) is 6.46. The van der Waals surface area contributed by atoms with Gasteiger partial charge in [-0.1, -0.05) is 0 Å². The minimum atomic E-state index is -0.365. The normalized spacial score (nSPS) is 16.6. The lowest BCUT2D eigenvalue weighted by Gasteiger charge is -2.40. The van der Waals surface area contributed by atoms with Gasteiger partial charge in [0.2, 0.25) is 0 Å². The molecule has 0 bridgehead atoms. The standard InChI is InChI=1S/C23H24N4O2/c1-15-6-8-26-13-19(25-21(26)10-15)18-11-16-4-5-17(12-20(16)29-22(18)28)27-9-7-24-23(2,3)14-27/h4-6,8,10-13,24H,7,9,14H2,1-3H3. The van der Waals surface area contributed by atoms with Gasteiger partial charge in [0.25, 0.3) is 0 Å². The third-order valence-electron chi connectivity index (χ3n) is 5.55. The number of fused-ring (bicyclic) bond motifs is 2. The molecule has 1 N–H and O–H groups in total. The summed E-state index contributed by atoms with van der Waals surface area (Å²) in [4.78, 5) is 19.7. The minimum Gasteiger partial charge on any atom is -0.422 e. The predicted molar refractivity (Wildman–Crippen MR) is 116 cm³/mol. The molecule has 1 aromatic carbocycles. The molecule has 1 aliphatic rings. The van der Waals surface area contributed by atoms with Crippen LogP contribution in [0.1, 0.15) is 19.4 Å². The van der Waals surface area contributed by atoms with Crippen LogP contribution in [0.5, 0.6) is 0 Å². The average Bonchev–Trinajstić information content (AvgIpc) is 3.09. The Morgan fingerprint density at radius 3 is 2.86 bits per heavy atom. The van der Waals surface area contributed by atoms with Gasteiger partial charge in [0.15, 0.2) is 0 Å². The van der Waals surface area contributed by atoms with Crippen molar-refractivity contribution >= 4 is 22.3 Å². The first-order valence-electron chi connectivity index (χ1n) is 9.92. The molecule has 6 heteroatoms. The van der Waals surface area contributed by atoms with Gasteiger partial charge < -0.3 is 19.0 Å². The van der Waals surface area contributed by atoms with Crippen molar-refractivity contribution in [1.82, 2.24) is 14.7 Å². The molecule has 1 aliphatic heterocycles. The highest BCUT2D eigenvalue weighted by Crippen LogP contribution is 2.27. The lowest BCUT2D eigenvalue weighted by molar-refractivity contribution is 0.353. The fourth-order valence-corrected chi connectivity index (χ4v) is 4.05. The molecule has 0 saturated carbocycles. The highest BCUT2D eigenvalue weighted by molar-refractivity contribution is 5.84. The first kappa shape index (κ1) is 17.9. The predicted octanol–water partition coefficient (Wildman–Crippen LogP) is 3.60. The smallest absolute Gasteiger partial charge is 0.345 e. The number of nitrogens with one attached hydrogen (secondary N) is 1. The molecule has 4 aromatic rings. The van der Waals surface area contributed by atoms with Crippen LogP contribution in [0.15, 0.2) is 58.0 Å². The van der Waals surface area contributed by atoms with Gasteiger partial charge in [-0.2, -0.15) is 0 Å². The summed E-state index contributed by atoms with van der Waals surface area (Å²) < 4.78 is 7.62. The summed E-state index contributed by atoms with van der Waals surface area (Å²) in [6, 6.07) is 12.0. The zero-order chi connectivity index (χ0) is 20.2. The van der Waals surface area contributed by atoms with Crippen LogP contribution < -0.4 is 15.8 Å². The summed E-state index contributed by atoms with van der Waals surface area (Å²) in [5, 5.41) is 4.41. The Labute approximate surface area is 168 Å². The lowest BCUT2D eigenvalue weighted by atomic mass is 10.0. The van der Waals surface area contributed by atoms with Crippen molar-refractivity contribution < 1.29 is 4.42 Å². The van der Waals surface area contributed by atoms with Crippen LogP contribution >= 0.6 is 0 Å². The summed E-state index contributed by atoms with van der Waals surface area (Å²) in [5.74, 6) is 0. The molecule has 0 unspecified atom stereocenters. The molecule has 0 atom stereocenters. The molecule has 5 rings (SSSR count). The fraction of sp³-hybridized carbons (Fsp3) is 0.304. The molecule has 1 fully saturated rings. The van der Waals surface area contributed by atoms with Crippen LogP contribution in [0, 0.1) is 6.92 Å². The molecule has 0 spiro atoms. The largest absolute Gasteiger partial charge is 0.422 e. The van der Waals surface area contributed by atoms with Crippen molar-refractivity contribution in [2.45, 2.75) is 26.3 Å². The fourth-order valence-electron chi connectivity index (χ4n) is 4.05. The molecule has 4 heterocycles. The van der Waals surface area contributed by atoms with Crippen LogP contribution in [-0.2, 0) is 0 Å². The summed E-state index contributed by atoms with van der Waals surface area (Å²) in [7, 11) is 0. The van der Waals surface area contributed by atoms with Crippen molar-refractivity contribution in [1.29, 1.82) is 0 Å². The first-order chi connectivity index (χ1) is 13.9. The third kappa shape index (κ3) is 3.29. The van der Waals surface area contributed by atoms with E-state index in [2.05, 4.69) is 35.1 Å². The Kier molecular flexibility index (Phi) is 3.99. The van der Waals surface area contributed by atoms with Crippen molar-refractivity contribution in [3.63, 3.8) is 0 Å². The molecular weight excluding hydrogens is 364 g/mol. The Balaban J connectivity index is 1.55. The van der Waals surface area contributed by atoms with Crippen molar-refractivity contribution in [3.05, 3.63) is 64.8 Å². The molecule has 148 valence electrons. The molecule has 1 saturated heterocycles. The molecule has 29 heavy (non-hydrogen) atoms. The number of pyridine rings is 1. The van der Waals surface area contributed by atoms with E-state index in [-0.39, 0.29) is 11.2 Å². The van der Waals surface area contributed by atoms with E-state index in [1.165, 1.54) is 0 Å². The van der Waals surface area contributed by atoms with E-state index in [0.29, 0.717) is 16.8 Å².